The van der Waals surface area contributed by atoms with Crippen molar-refractivity contribution < 1.29 is 9.53 Å². The van der Waals surface area contributed by atoms with Crippen LogP contribution in [0.1, 0.15) is 31.2 Å². The fraction of sp³-hybridized carbons (Fsp3) is 0.467. The van der Waals surface area contributed by atoms with Crippen LogP contribution in [0, 0.1) is 17.2 Å². The summed E-state index contributed by atoms with van der Waals surface area (Å²) >= 11 is 0. The molecule has 106 valence electrons. The van der Waals surface area contributed by atoms with Crippen LogP contribution in [-0.2, 0) is 4.79 Å². The lowest BCUT2D eigenvalue weighted by atomic mass is 9.84. The topological polar surface area (TPSA) is 88.1 Å². The van der Waals surface area contributed by atoms with Crippen LogP contribution >= 0.6 is 0 Å². The number of carbonyl (C=O) groups excluding carboxylic acids is 1. The van der Waals surface area contributed by atoms with Crippen LogP contribution in [0.15, 0.2) is 18.2 Å². The summed E-state index contributed by atoms with van der Waals surface area (Å²) in [7, 11) is 1.51. The Morgan fingerprint density at radius 2 is 2.20 bits per heavy atom. The van der Waals surface area contributed by atoms with Gasteiger partial charge in [-0.05, 0) is 25.0 Å². The molecule has 0 spiro atoms. The minimum Gasteiger partial charge on any atom is -0.495 e. The molecule has 2 atom stereocenters. The van der Waals surface area contributed by atoms with Crippen LogP contribution in [0.5, 0.6) is 5.75 Å². The highest BCUT2D eigenvalue weighted by Crippen LogP contribution is 2.28. The van der Waals surface area contributed by atoms with Gasteiger partial charge >= 0.3 is 0 Å². The average molecular weight is 273 g/mol. The van der Waals surface area contributed by atoms with Crippen molar-refractivity contribution >= 4 is 11.6 Å². The Labute approximate surface area is 118 Å². The second-order valence-corrected chi connectivity index (χ2v) is 5.07. The van der Waals surface area contributed by atoms with E-state index in [1.54, 1.807) is 18.2 Å². The van der Waals surface area contributed by atoms with Crippen molar-refractivity contribution in [2.24, 2.45) is 11.7 Å². The third kappa shape index (κ3) is 3.09. The van der Waals surface area contributed by atoms with Crippen molar-refractivity contribution in [1.29, 1.82) is 5.26 Å². The fourth-order valence-corrected chi connectivity index (χ4v) is 2.57. The van der Waals surface area contributed by atoms with Gasteiger partial charge in [-0.2, -0.15) is 5.26 Å². The summed E-state index contributed by atoms with van der Waals surface area (Å²) in [6, 6.07) is 6.91. The van der Waals surface area contributed by atoms with Crippen LogP contribution in [0.4, 0.5) is 5.69 Å². The first kappa shape index (κ1) is 14.4. The van der Waals surface area contributed by atoms with E-state index in [1.807, 2.05) is 6.07 Å². The molecule has 0 saturated heterocycles. The van der Waals surface area contributed by atoms with Crippen molar-refractivity contribution in [1.82, 2.24) is 0 Å². The van der Waals surface area contributed by atoms with E-state index < -0.39 is 0 Å². The van der Waals surface area contributed by atoms with Gasteiger partial charge in [-0.25, -0.2) is 0 Å². The highest BCUT2D eigenvalue weighted by molar-refractivity contribution is 5.94. The lowest BCUT2D eigenvalue weighted by molar-refractivity contribution is -0.121. The van der Waals surface area contributed by atoms with Crippen molar-refractivity contribution in [2.45, 2.75) is 31.7 Å². The van der Waals surface area contributed by atoms with Gasteiger partial charge in [0.15, 0.2) is 0 Å². The number of nitrogens with zero attached hydrogens (tertiary/aromatic N) is 1. The maximum Gasteiger partial charge on any atom is 0.229 e. The van der Waals surface area contributed by atoms with Gasteiger partial charge < -0.3 is 15.8 Å². The number of carbonyl (C=O) groups is 1. The Balaban J connectivity index is 2.13. The van der Waals surface area contributed by atoms with Gasteiger partial charge in [0.1, 0.15) is 5.75 Å². The zero-order valence-corrected chi connectivity index (χ0v) is 11.6. The normalized spacial score (nSPS) is 21.9. The second-order valence-electron chi connectivity index (χ2n) is 5.07. The molecule has 3 N–H and O–H groups in total. The SMILES string of the molecule is COc1cc(C#N)ccc1NC(=O)C1CCCCC1N. The second kappa shape index (κ2) is 6.40. The first-order chi connectivity index (χ1) is 9.65. The van der Waals surface area contributed by atoms with Gasteiger partial charge in [-0.15, -0.1) is 0 Å². The number of rotatable bonds is 3. The first-order valence-electron chi connectivity index (χ1n) is 6.80. The van der Waals surface area contributed by atoms with E-state index in [-0.39, 0.29) is 17.9 Å². The fourth-order valence-electron chi connectivity index (χ4n) is 2.57. The number of hydrogen-bond acceptors (Lipinski definition) is 4. The van der Waals surface area contributed by atoms with Crippen molar-refractivity contribution in [3.8, 4) is 11.8 Å². The summed E-state index contributed by atoms with van der Waals surface area (Å²) < 4.78 is 5.21. The highest BCUT2D eigenvalue weighted by atomic mass is 16.5. The molecule has 1 amide bonds. The van der Waals surface area contributed by atoms with E-state index in [0.29, 0.717) is 17.0 Å². The smallest absolute Gasteiger partial charge is 0.229 e. The molecule has 5 heteroatoms. The van der Waals surface area contributed by atoms with Gasteiger partial charge in [0.05, 0.1) is 30.3 Å². The molecule has 1 aliphatic rings. The lowest BCUT2D eigenvalue weighted by Gasteiger charge is -2.27. The molecule has 0 bridgehead atoms. The third-order valence-corrected chi connectivity index (χ3v) is 3.74. The molecule has 0 heterocycles. The maximum atomic E-state index is 12.3. The van der Waals surface area contributed by atoms with E-state index >= 15 is 0 Å². The Morgan fingerprint density at radius 3 is 2.85 bits per heavy atom. The number of anilines is 1. The number of hydrogen-bond donors (Lipinski definition) is 2. The standard InChI is InChI=1S/C15H19N3O2/c1-20-14-8-10(9-16)6-7-13(14)18-15(19)11-4-2-3-5-12(11)17/h6-8,11-12H,2-5,17H2,1H3,(H,18,19). The van der Waals surface area contributed by atoms with Gasteiger partial charge in [-0.3, -0.25) is 4.79 Å². The molecular formula is C15H19N3O2. The van der Waals surface area contributed by atoms with Crippen LogP contribution in [-0.4, -0.2) is 19.1 Å². The molecule has 20 heavy (non-hydrogen) atoms. The molecule has 1 fully saturated rings. The molecule has 1 saturated carbocycles. The van der Waals surface area contributed by atoms with E-state index in [9.17, 15) is 4.79 Å². The maximum absolute atomic E-state index is 12.3. The number of nitriles is 1. The largest absolute Gasteiger partial charge is 0.495 e. The zero-order chi connectivity index (χ0) is 14.5. The lowest BCUT2D eigenvalue weighted by Crippen LogP contribution is -2.40. The summed E-state index contributed by atoms with van der Waals surface area (Å²) in [5, 5.41) is 11.7. The molecule has 5 nitrogen and oxygen atoms in total. The highest BCUT2D eigenvalue weighted by Gasteiger charge is 2.28. The summed E-state index contributed by atoms with van der Waals surface area (Å²) in [4.78, 5) is 12.3. The van der Waals surface area contributed by atoms with E-state index in [4.69, 9.17) is 15.7 Å². The monoisotopic (exact) mass is 273 g/mol. The Hall–Kier alpha value is -2.06. The number of methoxy groups -OCH3 is 1. The molecule has 0 radical (unpaired) electrons. The quantitative estimate of drug-likeness (QED) is 0.881. The summed E-state index contributed by atoms with van der Waals surface area (Å²) in [5.74, 6) is 0.270. The predicted molar refractivity (Wildman–Crippen MR) is 76.3 cm³/mol. The number of amides is 1. The molecule has 1 aliphatic carbocycles. The van der Waals surface area contributed by atoms with Gasteiger partial charge in [0, 0.05) is 12.1 Å². The van der Waals surface area contributed by atoms with Crippen molar-refractivity contribution in [2.75, 3.05) is 12.4 Å². The zero-order valence-electron chi connectivity index (χ0n) is 11.6. The molecule has 1 aromatic rings. The van der Waals surface area contributed by atoms with Crippen molar-refractivity contribution in [3.63, 3.8) is 0 Å². The Kier molecular flexibility index (Phi) is 4.59. The number of benzene rings is 1. The molecule has 1 aromatic carbocycles. The summed E-state index contributed by atoms with van der Waals surface area (Å²) in [6.07, 6.45) is 3.84. The summed E-state index contributed by atoms with van der Waals surface area (Å²) in [6.45, 7) is 0. The molecule has 2 unspecified atom stereocenters. The van der Waals surface area contributed by atoms with E-state index in [1.165, 1.54) is 7.11 Å². The van der Waals surface area contributed by atoms with Crippen molar-refractivity contribution in [3.05, 3.63) is 23.8 Å². The van der Waals surface area contributed by atoms with Crippen LogP contribution in [0.2, 0.25) is 0 Å². The first-order valence-corrected chi connectivity index (χ1v) is 6.80. The van der Waals surface area contributed by atoms with Gasteiger partial charge in [-0.1, -0.05) is 12.8 Å². The third-order valence-electron chi connectivity index (χ3n) is 3.74. The van der Waals surface area contributed by atoms with Gasteiger partial charge in [0.25, 0.3) is 0 Å². The van der Waals surface area contributed by atoms with E-state index in [2.05, 4.69) is 5.32 Å². The van der Waals surface area contributed by atoms with Gasteiger partial charge in [0.2, 0.25) is 5.91 Å². The predicted octanol–water partition coefficient (Wildman–Crippen LogP) is 2.02. The number of nitrogens with one attached hydrogen (secondary N) is 1. The minimum absolute atomic E-state index is 0.0693. The average Bonchev–Trinajstić information content (AvgIpc) is 2.48. The number of ether oxygens (including phenoxy) is 1. The minimum atomic E-state index is -0.149. The summed E-state index contributed by atoms with van der Waals surface area (Å²) in [5.41, 5.74) is 7.09. The van der Waals surface area contributed by atoms with Crippen LogP contribution < -0.4 is 15.8 Å². The molecule has 0 aliphatic heterocycles. The Bertz CT molecular complexity index is 536. The number of nitrogens with two attached hydrogens (primary N) is 1. The van der Waals surface area contributed by atoms with Crippen LogP contribution in [0.25, 0.3) is 0 Å². The van der Waals surface area contributed by atoms with E-state index in [0.717, 1.165) is 25.7 Å². The van der Waals surface area contributed by atoms with Crippen LogP contribution in [0.3, 0.4) is 0 Å². The molecular weight excluding hydrogens is 254 g/mol. The molecule has 0 aromatic heterocycles. The molecule has 2 rings (SSSR count). The Morgan fingerprint density at radius 1 is 1.45 bits per heavy atom.